The van der Waals surface area contributed by atoms with E-state index < -0.39 is 154 Å². The molecule has 0 aromatic heterocycles. The van der Waals surface area contributed by atoms with Gasteiger partial charge in [0.2, 0.25) is 53.2 Å². The van der Waals surface area contributed by atoms with E-state index in [-0.39, 0.29) is 5.92 Å². The topological polar surface area (TPSA) is 426 Å². The van der Waals surface area contributed by atoms with Crippen LogP contribution in [0.1, 0.15) is 27.2 Å². The average Bonchev–Trinajstić information content (AvgIpc) is 3.16. The summed E-state index contributed by atoms with van der Waals surface area (Å²) in [6.07, 6.45) is -0.944. The fraction of sp³-hybridized carbons (Fsp3) is 0.667. The van der Waals surface area contributed by atoms with Crippen molar-refractivity contribution >= 4 is 59.1 Å². The highest BCUT2D eigenvalue weighted by Crippen LogP contribution is 2.05. The molecule has 0 bridgehead atoms. The van der Waals surface area contributed by atoms with Gasteiger partial charge in [-0.1, -0.05) is 20.3 Å². The first-order valence-corrected chi connectivity index (χ1v) is 16.9. The van der Waals surface area contributed by atoms with Gasteiger partial charge in [0.25, 0.3) is 0 Å². The predicted octanol–water partition coefficient (Wildman–Crippen LogP) is -10.3. The summed E-state index contributed by atoms with van der Waals surface area (Å²) in [6, 6.07) is -9.08. The van der Waals surface area contributed by atoms with Gasteiger partial charge in [0.15, 0.2) is 6.04 Å². The largest absolute Gasteiger partial charge is 0.480 e. The molecule has 0 rings (SSSR count). The minimum absolute atomic E-state index is 0.226. The smallest absolute Gasteiger partial charge is 0.328 e. The number of carbonyl (C=O) groups excluding carboxylic acids is 9. The van der Waals surface area contributed by atoms with Gasteiger partial charge in [-0.05, 0) is 12.8 Å². The zero-order valence-corrected chi connectivity index (χ0v) is 30.8. The lowest BCUT2D eigenvalue weighted by Gasteiger charge is -2.22. The van der Waals surface area contributed by atoms with E-state index in [1.807, 2.05) is 10.6 Å². The van der Waals surface area contributed by atoms with E-state index >= 15 is 0 Å². The molecule has 9 amide bonds. The summed E-state index contributed by atoms with van der Waals surface area (Å²) in [5.41, 5.74) is 5.80. The molecule has 26 nitrogen and oxygen atoms in total. The maximum atomic E-state index is 12.4. The summed E-state index contributed by atoms with van der Waals surface area (Å²) in [4.78, 5) is 122. The van der Waals surface area contributed by atoms with Crippen molar-refractivity contribution < 1.29 is 78.6 Å². The first-order chi connectivity index (χ1) is 26.3. The van der Waals surface area contributed by atoms with Gasteiger partial charge in [0.05, 0.1) is 64.8 Å². The lowest BCUT2D eigenvalue weighted by Crippen LogP contribution is -2.57. The van der Waals surface area contributed by atoms with Crippen molar-refractivity contribution in [1.29, 1.82) is 0 Å². The standard InChI is InChI=1S/C30H52N10O16/c1-4-13(2)23(31)29(54)39-17(11-43)27(52)35-8-22(49)37-16(10-42)26(51)34-7-21(48)36-15(9-41)25(50)33-5-19(46)32-6-20(47)38-18(12-44)28(53)40-24(14(3)45)30(55)56/h13-18,23-24,41-45H,4-12,31H2,1-3H3,(H,32,46)(H,33,50)(H,34,51)(H,35,52)(H,36,48)(H,37,49)(H,38,47)(H,39,54)(H,40,53)(H,55,56)/t13-,14+,15-,16-,17-,18-,23-,24-/m0/s1. The lowest BCUT2D eigenvalue weighted by molar-refractivity contribution is -0.145. The average molecular weight is 809 g/mol. The van der Waals surface area contributed by atoms with Gasteiger partial charge in [-0.15, -0.1) is 0 Å². The van der Waals surface area contributed by atoms with Crippen molar-refractivity contribution in [2.45, 2.75) is 69.5 Å². The molecule has 17 N–H and O–H groups in total. The van der Waals surface area contributed by atoms with Crippen molar-refractivity contribution in [2.75, 3.05) is 52.6 Å². The van der Waals surface area contributed by atoms with Crippen molar-refractivity contribution in [2.24, 2.45) is 11.7 Å². The minimum atomic E-state index is -1.74. The van der Waals surface area contributed by atoms with Gasteiger partial charge in [-0.25, -0.2) is 4.79 Å². The van der Waals surface area contributed by atoms with Crippen LogP contribution in [0.5, 0.6) is 0 Å². The van der Waals surface area contributed by atoms with Gasteiger partial charge >= 0.3 is 5.97 Å². The number of aliphatic hydroxyl groups is 5. The Balaban J connectivity index is 4.80. The van der Waals surface area contributed by atoms with Crippen LogP contribution >= 0.6 is 0 Å². The summed E-state index contributed by atoms with van der Waals surface area (Å²) in [5, 5.41) is 75.1. The van der Waals surface area contributed by atoms with Gasteiger partial charge in [0.1, 0.15) is 24.2 Å². The quantitative estimate of drug-likeness (QED) is 0.0386. The number of carboxylic acids is 1. The fourth-order valence-electron chi connectivity index (χ4n) is 4.05. The summed E-state index contributed by atoms with van der Waals surface area (Å²) in [6.45, 7) is -2.29. The zero-order valence-electron chi connectivity index (χ0n) is 30.8. The highest BCUT2D eigenvalue weighted by atomic mass is 16.4. The SMILES string of the molecule is CC[C@H](C)[C@H](N)C(=O)N[C@@H](CO)C(=O)NCC(=O)N[C@@H](CO)C(=O)NCC(=O)N[C@@H](CO)C(=O)NCC(=O)NCC(=O)N[C@@H](CO)C(=O)N[C@H](C(=O)O)[C@@H](C)O. The van der Waals surface area contributed by atoms with Crippen LogP contribution in [0.4, 0.5) is 0 Å². The maximum absolute atomic E-state index is 12.4. The molecule has 0 aliphatic carbocycles. The van der Waals surface area contributed by atoms with Crippen LogP contribution in [0, 0.1) is 5.92 Å². The zero-order chi connectivity index (χ0) is 43.1. The van der Waals surface area contributed by atoms with E-state index in [1.165, 1.54) is 0 Å². The van der Waals surface area contributed by atoms with Crippen LogP contribution in [-0.2, 0) is 47.9 Å². The third-order valence-electron chi connectivity index (χ3n) is 7.64. The molecule has 0 radical (unpaired) electrons. The van der Waals surface area contributed by atoms with Gasteiger partial charge in [-0.2, -0.15) is 0 Å². The van der Waals surface area contributed by atoms with Crippen LogP contribution in [0.15, 0.2) is 0 Å². The molecule has 8 atom stereocenters. The van der Waals surface area contributed by atoms with E-state index in [2.05, 4.69) is 37.2 Å². The Labute approximate surface area is 319 Å². The van der Waals surface area contributed by atoms with E-state index in [9.17, 15) is 73.5 Å². The molecule has 0 heterocycles. The number of rotatable bonds is 26. The molecular formula is C30H52N10O16. The highest BCUT2D eigenvalue weighted by Gasteiger charge is 2.30. The fourth-order valence-corrected chi connectivity index (χ4v) is 4.05. The van der Waals surface area contributed by atoms with Crippen molar-refractivity contribution in [1.82, 2.24) is 47.9 Å². The molecule has 0 aromatic carbocycles. The summed E-state index contributed by atoms with van der Waals surface area (Å²) in [5.74, 6) is -10.8. The first kappa shape index (κ1) is 50.5. The third kappa shape index (κ3) is 18.7. The molecule has 0 saturated heterocycles. The molecule has 0 fully saturated rings. The minimum Gasteiger partial charge on any atom is -0.480 e. The Morgan fingerprint density at radius 1 is 0.500 bits per heavy atom. The molecule has 0 spiro atoms. The van der Waals surface area contributed by atoms with Crippen LogP contribution in [-0.4, -0.2) is 185 Å². The van der Waals surface area contributed by atoms with E-state index in [1.54, 1.807) is 13.8 Å². The molecule has 56 heavy (non-hydrogen) atoms. The normalized spacial score (nSPS) is 15.0. The van der Waals surface area contributed by atoms with Gasteiger partial charge < -0.3 is 84.2 Å². The summed E-state index contributed by atoms with van der Waals surface area (Å²) in [7, 11) is 0. The van der Waals surface area contributed by atoms with Crippen molar-refractivity contribution in [3.63, 3.8) is 0 Å². The highest BCUT2D eigenvalue weighted by molar-refractivity contribution is 5.96. The molecule has 26 heteroatoms. The number of aliphatic hydroxyl groups excluding tert-OH is 5. The number of nitrogens with two attached hydrogens (primary N) is 1. The second-order valence-corrected chi connectivity index (χ2v) is 12.1. The molecule has 0 saturated carbocycles. The Morgan fingerprint density at radius 2 is 0.839 bits per heavy atom. The van der Waals surface area contributed by atoms with Gasteiger partial charge in [-0.3, -0.25) is 43.2 Å². The number of amides is 9. The lowest BCUT2D eigenvalue weighted by atomic mass is 9.99. The molecular weight excluding hydrogens is 756 g/mol. The number of hydrogen-bond donors (Lipinski definition) is 16. The molecule has 0 aliphatic rings. The van der Waals surface area contributed by atoms with Crippen molar-refractivity contribution in [3.05, 3.63) is 0 Å². The number of nitrogens with one attached hydrogen (secondary N) is 9. The van der Waals surface area contributed by atoms with Crippen LogP contribution in [0.25, 0.3) is 0 Å². The third-order valence-corrected chi connectivity index (χ3v) is 7.64. The Kier molecular flexibility index (Phi) is 23.7. The summed E-state index contributed by atoms with van der Waals surface area (Å²) >= 11 is 0. The molecule has 0 unspecified atom stereocenters. The Hall–Kier alpha value is -5.54. The number of carboxylic acid groups (broad SMARTS) is 1. The second kappa shape index (κ2) is 26.3. The number of hydrogen-bond acceptors (Lipinski definition) is 16. The van der Waals surface area contributed by atoms with Crippen molar-refractivity contribution in [3.8, 4) is 0 Å². The molecule has 318 valence electrons. The monoisotopic (exact) mass is 808 g/mol. The number of aliphatic carboxylic acids is 1. The van der Waals surface area contributed by atoms with Crippen LogP contribution in [0.2, 0.25) is 0 Å². The summed E-state index contributed by atoms with van der Waals surface area (Å²) < 4.78 is 0. The van der Waals surface area contributed by atoms with E-state index in [0.717, 1.165) is 6.92 Å². The molecule has 0 aliphatic heterocycles. The van der Waals surface area contributed by atoms with Crippen LogP contribution in [0.3, 0.4) is 0 Å². The van der Waals surface area contributed by atoms with Gasteiger partial charge in [0, 0.05) is 0 Å². The molecule has 0 aromatic rings. The first-order valence-electron chi connectivity index (χ1n) is 16.9. The van der Waals surface area contributed by atoms with Crippen LogP contribution < -0.4 is 53.6 Å². The Bertz CT molecular complexity index is 1400. The number of carbonyl (C=O) groups is 10. The van der Waals surface area contributed by atoms with E-state index in [0.29, 0.717) is 6.42 Å². The maximum Gasteiger partial charge on any atom is 0.328 e. The second-order valence-electron chi connectivity index (χ2n) is 12.1. The van der Waals surface area contributed by atoms with E-state index in [4.69, 9.17) is 10.8 Å². The Morgan fingerprint density at radius 3 is 1.18 bits per heavy atom. The predicted molar refractivity (Wildman–Crippen MR) is 187 cm³/mol.